The van der Waals surface area contributed by atoms with Crippen LogP contribution >= 0.6 is 0 Å². The number of pyridine rings is 1. The van der Waals surface area contributed by atoms with E-state index < -0.39 is 0 Å². The first-order valence-corrected chi connectivity index (χ1v) is 12.5. The molecule has 0 saturated heterocycles. The van der Waals surface area contributed by atoms with Gasteiger partial charge >= 0.3 is 11.6 Å². The molecular formula is C29H29N6O2+. The van der Waals surface area contributed by atoms with Crippen LogP contribution in [0.2, 0.25) is 0 Å². The molecule has 1 aliphatic rings. The number of aryl methyl sites for hydroxylation is 2. The number of aromatic amines is 1. The van der Waals surface area contributed by atoms with Crippen LogP contribution in [-0.2, 0) is 6.54 Å². The molecule has 8 heteroatoms. The molecule has 0 spiro atoms. The van der Waals surface area contributed by atoms with Crippen LogP contribution in [0.5, 0.6) is 5.75 Å². The zero-order valence-electron chi connectivity index (χ0n) is 20.9. The number of anilines is 1. The van der Waals surface area contributed by atoms with Crippen LogP contribution in [-0.4, -0.2) is 25.8 Å². The first-order chi connectivity index (χ1) is 18.0. The summed E-state index contributed by atoms with van der Waals surface area (Å²) in [5, 5.41) is 4.83. The van der Waals surface area contributed by atoms with Crippen molar-refractivity contribution < 1.29 is 9.72 Å². The van der Waals surface area contributed by atoms with Crippen LogP contribution in [0.1, 0.15) is 29.8 Å². The monoisotopic (exact) mass is 493 g/mol. The highest BCUT2D eigenvalue weighted by atomic mass is 16.5. The van der Waals surface area contributed by atoms with E-state index in [-0.39, 0.29) is 18.2 Å². The van der Waals surface area contributed by atoms with Gasteiger partial charge in [-0.05, 0) is 56.4 Å². The van der Waals surface area contributed by atoms with Crippen LogP contribution < -0.4 is 21.1 Å². The van der Waals surface area contributed by atoms with Crippen molar-refractivity contribution >= 4 is 11.6 Å². The van der Waals surface area contributed by atoms with Gasteiger partial charge in [0, 0.05) is 22.5 Å². The Balaban J connectivity index is 1.54. The minimum atomic E-state index is -0.316. The number of nitrogens with two attached hydrogens (primary N) is 1. The molecule has 0 aliphatic heterocycles. The van der Waals surface area contributed by atoms with Crippen molar-refractivity contribution in [2.24, 2.45) is 5.92 Å². The number of hydrogen-bond donors (Lipinski definition) is 1. The van der Waals surface area contributed by atoms with Crippen molar-refractivity contribution in [1.29, 1.82) is 0 Å². The SMILES string of the molecule is Cc1cc(-c2c(-c3ccccc3)[nH+]c(N)n3c(=O)n(Cc4ccccc4OCC4CC4)nc23)cc(C)n1. The fraction of sp³-hybridized carbons (Fsp3) is 0.241. The van der Waals surface area contributed by atoms with Crippen molar-refractivity contribution in [3.63, 3.8) is 0 Å². The van der Waals surface area contributed by atoms with E-state index in [1.807, 2.05) is 80.6 Å². The van der Waals surface area contributed by atoms with Gasteiger partial charge in [-0.15, -0.1) is 9.50 Å². The summed E-state index contributed by atoms with van der Waals surface area (Å²) in [5.41, 5.74) is 12.7. The van der Waals surface area contributed by atoms with Crippen molar-refractivity contribution in [2.45, 2.75) is 33.2 Å². The molecular weight excluding hydrogens is 464 g/mol. The van der Waals surface area contributed by atoms with Crippen molar-refractivity contribution in [3.8, 4) is 28.1 Å². The predicted octanol–water partition coefficient (Wildman–Crippen LogP) is 4.08. The number of para-hydroxylation sites is 1. The van der Waals surface area contributed by atoms with Crippen LogP contribution in [0.4, 0.5) is 5.95 Å². The standard InChI is InChI=1S/C29H28N6O2/c1-18-14-23(15-19(2)31-18)25-26(21-8-4-3-5-9-21)32-28(30)35-27(25)33-34(29(35)36)16-22-10-6-7-11-24(22)37-17-20-12-13-20/h3-11,14-15,20H,12-13,16-17H2,1-2H3,(H2,30,32)/p+1. The zero-order chi connectivity index (χ0) is 25.5. The molecule has 5 aromatic rings. The van der Waals surface area contributed by atoms with Crippen LogP contribution in [0, 0.1) is 19.8 Å². The Kier molecular flexibility index (Phi) is 5.71. The summed E-state index contributed by atoms with van der Waals surface area (Å²) < 4.78 is 8.98. The van der Waals surface area contributed by atoms with Crippen molar-refractivity contribution in [3.05, 3.63) is 94.2 Å². The summed E-state index contributed by atoms with van der Waals surface area (Å²) in [4.78, 5) is 21.4. The summed E-state index contributed by atoms with van der Waals surface area (Å²) in [6.45, 7) is 4.89. The second-order valence-corrected chi connectivity index (χ2v) is 9.73. The normalized spacial score (nSPS) is 13.2. The third kappa shape index (κ3) is 4.46. The molecule has 1 aliphatic carbocycles. The summed E-state index contributed by atoms with van der Waals surface area (Å²) >= 11 is 0. The summed E-state index contributed by atoms with van der Waals surface area (Å²) in [6.07, 6.45) is 2.43. The Morgan fingerprint density at radius 1 is 1.00 bits per heavy atom. The number of benzene rings is 2. The molecule has 0 atom stereocenters. The second-order valence-electron chi connectivity index (χ2n) is 9.73. The van der Waals surface area contributed by atoms with Gasteiger partial charge in [0.2, 0.25) is 5.65 Å². The third-order valence-corrected chi connectivity index (χ3v) is 6.70. The van der Waals surface area contributed by atoms with E-state index in [1.165, 1.54) is 21.9 Å². The van der Waals surface area contributed by atoms with Gasteiger partial charge in [-0.25, -0.2) is 9.78 Å². The van der Waals surface area contributed by atoms with Gasteiger partial charge in [-0.2, -0.15) is 4.68 Å². The number of aromatic nitrogens is 5. The molecule has 6 rings (SSSR count). The summed E-state index contributed by atoms with van der Waals surface area (Å²) in [6, 6.07) is 21.7. The molecule has 0 amide bonds. The average Bonchev–Trinajstić information content (AvgIpc) is 3.66. The van der Waals surface area contributed by atoms with Gasteiger partial charge in [0.25, 0.3) is 0 Å². The molecule has 2 aromatic carbocycles. The Hall–Kier alpha value is -4.46. The lowest BCUT2D eigenvalue weighted by Crippen LogP contribution is -2.28. The summed E-state index contributed by atoms with van der Waals surface area (Å²) in [5.74, 6) is 1.63. The maximum Gasteiger partial charge on any atom is 0.411 e. The van der Waals surface area contributed by atoms with Gasteiger partial charge in [-0.3, -0.25) is 10.7 Å². The average molecular weight is 494 g/mol. The maximum atomic E-state index is 13.6. The van der Waals surface area contributed by atoms with E-state index in [9.17, 15) is 4.79 Å². The van der Waals surface area contributed by atoms with E-state index in [2.05, 4.69) is 9.97 Å². The maximum absolute atomic E-state index is 13.6. The highest BCUT2D eigenvalue weighted by molar-refractivity contribution is 5.88. The van der Waals surface area contributed by atoms with Crippen molar-refractivity contribution in [2.75, 3.05) is 12.3 Å². The Morgan fingerprint density at radius 2 is 1.70 bits per heavy atom. The first-order valence-electron chi connectivity index (χ1n) is 12.5. The number of fused-ring (bicyclic) bond motifs is 1. The minimum Gasteiger partial charge on any atom is -0.493 e. The van der Waals surface area contributed by atoms with E-state index in [0.29, 0.717) is 18.2 Å². The van der Waals surface area contributed by atoms with Gasteiger partial charge in [-0.1, -0.05) is 48.5 Å². The molecule has 0 unspecified atom stereocenters. The van der Waals surface area contributed by atoms with Crippen LogP contribution in [0.25, 0.3) is 28.0 Å². The van der Waals surface area contributed by atoms with Crippen molar-refractivity contribution in [1.82, 2.24) is 19.2 Å². The molecule has 3 aromatic heterocycles. The third-order valence-electron chi connectivity index (χ3n) is 6.70. The Morgan fingerprint density at radius 3 is 2.43 bits per heavy atom. The lowest BCUT2D eigenvalue weighted by Gasteiger charge is -2.10. The Labute approximate surface area is 214 Å². The molecule has 1 saturated carbocycles. The molecule has 0 bridgehead atoms. The number of nitrogens with zero attached hydrogens (tertiary/aromatic N) is 4. The van der Waals surface area contributed by atoms with Gasteiger partial charge in [0.05, 0.1) is 18.7 Å². The number of hydrogen-bond acceptors (Lipinski definition) is 5. The van der Waals surface area contributed by atoms with Crippen LogP contribution in [0.3, 0.4) is 0 Å². The topological polar surface area (TPSA) is 102 Å². The molecule has 0 radical (unpaired) electrons. The van der Waals surface area contributed by atoms with E-state index in [4.69, 9.17) is 15.6 Å². The van der Waals surface area contributed by atoms with E-state index >= 15 is 0 Å². The molecule has 37 heavy (non-hydrogen) atoms. The quantitative estimate of drug-likeness (QED) is 0.368. The summed E-state index contributed by atoms with van der Waals surface area (Å²) in [7, 11) is 0. The molecule has 3 N–H and O–H groups in total. The lowest BCUT2D eigenvalue weighted by molar-refractivity contribution is -0.351. The predicted molar refractivity (Wildman–Crippen MR) is 142 cm³/mol. The second kappa shape index (κ2) is 9.20. The fourth-order valence-electron chi connectivity index (χ4n) is 4.75. The smallest absolute Gasteiger partial charge is 0.411 e. The van der Waals surface area contributed by atoms with Crippen LogP contribution in [0.15, 0.2) is 71.5 Å². The van der Waals surface area contributed by atoms with E-state index in [0.717, 1.165) is 45.1 Å². The highest BCUT2D eigenvalue weighted by Gasteiger charge is 2.27. The largest absolute Gasteiger partial charge is 0.493 e. The number of rotatable bonds is 7. The van der Waals surface area contributed by atoms with Gasteiger partial charge in [0.1, 0.15) is 11.4 Å². The number of nitrogens with one attached hydrogen (secondary N) is 1. The first kappa shape index (κ1) is 23.0. The molecule has 186 valence electrons. The zero-order valence-corrected chi connectivity index (χ0v) is 20.9. The minimum absolute atomic E-state index is 0.217. The highest BCUT2D eigenvalue weighted by Crippen LogP contribution is 2.33. The van der Waals surface area contributed by atoms with Gasteiger partial charge < -0.3 is 4.74 Å². The Bertz CT molecular complexity index is 1650. The molecule has 1 fully saturated rings. The molecule has 8 nitrogen and oxygen atoms in total. The number of nitrogen functional groups attached to an aromatic ring is 1. The van der Waals surface area contributed by atoms with E-state index in [1.54, 1.807) is 0 Å². The van der Waals surface area contributed by atoms with Gasteiger partial charge in [0.15, 0.2) is 0 Å². The fourth-order valence-corrected chi connectivity index (χ4v) is 4.75. The number of ether oxygens (including phenoxy) is 1. The lowest BCUT2D eigenvalue weighted by atomic mass is 9.99. The number of H-pyrrole nitrogens is 1. The molecule has 3 heterocycles.